The fourth-order valence-electron chi connectivity index (χ4n) is 2.25. The molecule has 0 fully saturated rings. The Morgan fingerprint density at radius 3 is 2.30 bits per heavy atom. The summed E-state index contributed by atoms with van der Waals surface area (Å²) in [5, 5.41) is 6.81. The topological polar surface area (TPSA) is 50.1 Å². The second-order valence-electron chi connectivity index (χ2n) is 4.87. The number of benzene rings is 2. The Morgan fingerprint density at radius 2 is 1.70 bits per heavy atom. The van der Waals surface area contributed by atoms with E-state index in [4.69, 9.17) is 5.73 Å². The molecular weight excluding hydrogens is 246 g/mol. The molecule has 4 N–H and O–H groups in total. The van der Waals surface area contributed by atoms with Crippen LogP contribution in [0.3, 0.4) is 0 Å². The molecule has 0 spiro atoms. The molecule has 0 heterocycles. The lowest BCUT2D eigenvalue weighted by Crippen LogP contribution is -2.24. The Bertz CT molecular complexity index is 493. The Labute approximate surface area is 121 Å². The molecule has 3 nitrogen and oxygen atoms in total. The molecule has 0 saturated carbocycles. The lowest BCUT2D eigenvalue weighted by molar-refractivity contribution is 0.622. The summed E-state index contributed by atoms with van der Waals surface area (Å²) in [5.74, 6) is 0. The Hall–Kier alpha value is -1.84. The highest BCUT2D eigenvalue weighted by atomic mass is 15.0. The maximum Gasteiger partial charge on any atom is 0.0493 e. The molecule has 2 rings (SSSR count). The second-order valence-corrected chi connectivity index (χ2v) is 4.87. The summed E-state index contributed by atoms with van der Waals surface area (Å²) in [5.41, 5.74) is 9.27. The van der Waals surface area contributed by atoms with Crippen molar-refractivity contribution in [3.63, 3.8) is 0 Å². The average molecular weight is 269 g/mol. The van der Waals surface area contributed by atoms with Crippen LogP contribution in [0.2, 0.25) is 0 Å². The van der Waals surface area contributed by atoms with Crippen molar-refractivity contribution in [2.24, 2.45) is 5.73 Å². The van der Waals surface area contributed by atoms with Crippen molar-refractivity contribution in [2.45, 2.75) is 12.5 Å². The van der Waals surface area contributed by atoms with E-state index in [2.05, 4.69) is 59.2 Å². The first-order valence-electron chi connectivity index (χ1n) is 7.08. The van der Waals surface area contributed by atoms with Crippen LogP contribution in [0.4, 0.5) is 5.69 Å². The lowest BCUT2D eigenvalue weighted by Gasteiger charge is -2.18. The number of hydrogen-bond donors (Lipinski definition) is 3. The SMILES string of the molecule is CN[C@@H](CNc1ccc(CCN)cc1)c1ccccc1. The van der Waals surface area contributed by atoms with Crippen LogP contribution in [0, 0.1) is 0 Å². The third-order valence-electron chi connectivity index (χ3n) is 3.45. The monoisotopic (exact) mass is 269 g/mol. The normalized spacial score (nSPS) is 12.1. The van der Waals surface area contributed by atoms with Gasteiger partial charge < -0.3 is 16.4 Å². The van der Waals surface area contributed by atoms with Gasteiger partial charge in [0.25, 0.3) is 0 Å². The van der Waals surface area contributed by atoms with Crippen molar-refractivity contribution < 1.29 is 0 Å². The van der Waals surface area contributed by atoms with Gasteiger partial charge in [-0.05, 0) is 43.3 Å². The summed E-state index contributed by atoms with van der Waals surface area (Å²) in [6.07, 6.45) is 0.934. The molecule has 0 aliphatic rings. The third-order valence-corrected chi connectivity index (χ3v) is 3.45. The molecule has 0 bridgehead atoms. The van der Waals surface area contributed by atoms with E-state index in [0.29, 0.717) is 12.6 Å². The molecule has 0 amide bonds. The predicted molar refractivity (Wildman–Crippen MR) is 85.9 cm³/mol. The third kappa shape index (κ3) is 4.08. The van der Waals surface area contributed by atoms with E-state index >= 15 is 0 Å². The first-order valence-corrected chi connectivity index (χ1v) is 7.08. The quantitative estimate of drug-likeness (QED) is 0.724. The van der Waals surface area contributed by atoms with Gasteiger partial charge in [0.15, 0.2) is 0 Å². The summed E-state index contributed by atoms with van der Waals surface area (Å²) in [4.78, 5) is 0. The Kier molecular flexibility index (Phi) is 5.59. The number of likely N-dealkylation sites (N-methyl/N-ethyl adjacent to an activating group) is 1. The smallest absolute Gasteiger partial charge is 0.0493 e. The summed E-state index contributed by atoms with van der Waals surface area (Å²) >= 11 is 0. The molecule has 0 aromatic heterocycles. The van der Waals surface area contributed by atoms with Crippen molar-refractivity contribution >= 4 is 5.69 Å². The first-order chi connectivity index (χ1) is 9.83. The molecule has 0 radical (unpaired) electrons. The largest absolute Gasteiger partial charge is 0.383 e. The van der Waals surface area contributed by atoms with Crippen LogP contribution in [-0.4, -0.2) is 20.1 Å². The molecule has 2 aromatic carbocycles. The van der Waals surface area contributed by atoms with Gasteiger partial charge in [-0.3, -0.25) is 0 Å². The van der Waals surface area contributed by atoms with Gasteiger partial charge in [-0.1, -0.05) is 42.5 Å². The zero-order chi connectivity index (χ0) is 14.2. The molecule has 0 unspecified atom stereocenters. The first kappa shape index (κ1) is 14.6. The molecule has 1 atom stereocenters. The average Bonchev–Trinajstić information content (AvgIpc) is 2.51. The van der Waals surface area contributed by atoms with E-state index in [1.165, 1.54) is 11.1 Å². The molecule has 3 heteroatoms. The van der Waals surface area contributed by atoms with E-state index in [9.17, 15) is 0 Å². The summed E-state index contributed by atoms with van der Waals surface area (Å²) in [6, 6.07) is 19.3. The van der Waals surface area contributed by atoms with Crippen molar-refractivity contribution in [1.29, 1.82) is 0 Å². The van der Waals surface area contributed by atoms with E-state index in [1.54, 1.807) is 0 Å². The minimum atomic E-state index is 0.305. The van der Waals surface area contributed by atoms with Crippen molar-refractivity contribution in [3.8, 4) is 0 Å². The zero-order valence-electron chi connectivity index (χ0n) is 12.0. The van der Waals surface area contributed by atoms with Gasteiger partial charge in [0, 0.05) is 18.3 Å². The lowest BCUT2D eigenvalue weighted by atomic mass is 10.1. The van der Waals surface area contributed by atoms with Gasteiger partial charge in [-0.25, -0.2) is 0 Å². The van der Waals surface area contributed by atoms with Crippen molar-refractivity contribution in [2.75, 3.05) is 25.5 Å². The van der Waals surface area contributed by atoms with E-state index < -0.39 is 0 Å². The van der Waals surface area contributed by atoms with Crippen molar-refractivity contribution in [3.05, 3.63) is 65.7 Å². The standard InChI is InChI=1S/C17H23N3/c1-19-17(15-5-3-2-4-6-15)13-20-16-9-7-14(8-10-16)11-12-18/h2-10,17,19-20H,11-13,18H2,1H3/t17-/m0/s1. The number of rotatable bonds is 7. The maximum atomic E-state index is 5.56. The fraction of sp³-hybridized carbons (Fsp3) is 0.294. The zero-order valence-corrected chi connectivity index (χ0v) is 12.0. The molecule has 20 heavy (non-hydrogen) atoms. The fourth-order valence-corrected chi connectivity index (χ4v) is 2.25. The molecule has 106 valence electrons. The van der Waals surface area contributed by atoms with Gasteiger partial charge in [-0.2, -0.15) is 0 Å². The molecule has 0 aliphatic carbocycles. The predicted octanol–water partition coefficient (Wildman–Crippen LogP) is 2.56. The van der Waals surface area contributed by atoms with Gasteiger partial charge in [-0.15, -0.1) is 0 Å². The summed E-state index contributed by atoms with van der Waals surface area (Å²) < 4.78 is 0. The minimum Gasteiger partial charge on any atom is -0.383 e. The highest BCUT2D eigenvalue weighted by Crippen LogP contribution is 2.15. The molecule has 0 saturated heterocycles. The van der Waals surface area contributed by atoms with E-state index in [-0.39, 0.29) is 0 Å². The van der Waals surface area contributed by atoms with Crippen LogP contribution in [0.25, 0.3) is 0 Å². The highest BCUT2D eigenvalue weighted by Gasteiger charge is 2.07. The van der Waals surface area contributed by atoms with Gasteiger partial charge in [0.05, 0.1) is 0 Å². The number of nitrogens with one attached hydrogen (secondary N) is 2. The Morgan fingerprint density at radius 1 is 1.00 bits per heavy atom. The van der Waals surface area contributed by atoms with Crippen LogP contribution < -0.4 is 16.4 Å². The van der Waals surface area contributed by atoms with E-state index in [0.717, 1.165) is 18.7 Å². The number of hydrogen-bond acceptors (Lipinski definition) is 3. The van der Waals surface area contributed by atoms with Gasteiger partial charge in [0.2, 0.25) is 0 Å². The van der Waals surface area contributed by atoms with Crippen LogP contribution >= 0.6 is 0 Å². The number of nitrogens with two attached hydrogens (primary N) is 1. The molecule has 2 aromatic rings. The van der Waals surface area contributed by atoms with Crippen LogP contribution in [-0.2, 0) is 6.42 Å². The van der Waals surface area contributed by atoms with Crippen LogP contribution in [0.15, 0.2) is 54.6 Å². The number of anilines is 1. The van der Waals surface area contributed by atoms with Gasteiger partial charge in [0.1, 0.15) is 0 Å². The minimum absolute atomic E-state index is 0.305. The van der Waals surface area contributed by atoms with Crippen molar-refractivity contribution in [1.82, 2.24) is 5.32 Å². The molecule has 0 aliphatic heterocycles. The molecular formula is C17H23N3. The van der Waals surface area contributed by atoms with Crippen LogP contribution in [0.1, 0.15) is 17.2 Å². The van der Waals surface area contributed by atoms with Crippen LogP contribution in [0.5, 0.6) is 0 Å². The van der Waals surface area contributed by atoms with E-state index in [1.807, 2.05) is 13.1 Å². The van der Waals surface area contributed by atoms with Gasteiger partial charge >= 0.3 is 0 Å². The summed E-state index contributed by atoms with van der Waals surface area (Å²) in [6.45, 7) is 1.55. The Balaban J connectivity index is 1.93. The summed E-state index contributed by atoms with van der Waals surface area (Å²) in [7, 11) is 1.99. The maximum absolute atomic E-state index is 5.56. The highest BCUT2D eigenvalue weighted by molar-refractivity contribution is 5.45. The second kappa shape index (κ2) is 7.68.